The van der Waals surface area contributed by atoms with E-state index in [1.807, 2.05) is 87.5 Å². The highest BCUT2D eigenvalue weighted by atomic mass is 32.1. The number of para-hydroxylation sites is 1. The molecule has 3 heterocycles. The summed E-state index contributed by atoms with van der Waals surface area (Å²) in [5.74, 6) is -0.561. The molecule has 0 N–H and O–H groups in total. The van der Waals surface area contributed by atoms with Gasteiger partial charge in [0.15, 0.2) is 4.80 Å². The Balaban J connectivity index is 1.57. The second-order valence-electron chi connectivity index (χ2n) is 10.7. The van der Waals surface area contributed by atoms with Crippen LogP contribution in [0.2, 0.25) is 0 Å². The van der Waals surface area contributed by atoms with Gasteiger partial charge in [-0.1, -0.05) is 59.9 Å². The summed E-state index contributed by atoms with van der Waals surface area (Å²) in [7, 11) is 1.59. The van der Waals surface area contributed by atoms with Crippen LogP contribution in [0.5, 0.6) is 5.75 Å². The largest absolute Gasteiger partial charge is 0.496 e. The summed E-state index contributed by atoms with van der Waals surface area (Å²) in [6, 6.07) is 20.1. The molecule has 2 atom stereocenters. The fourth-order valence-corrected chi connectivity index (χ4v) is 7.03. The molecule has 6 rings (SSSR count). The second-order valence-corrected chi connectivity index (χ2v) is 11.7. The van der Waals surface area contributed by atoms with Crippen LogP contribution in [-0.4, -0.2) is 47.2 Å². The first kappa shape index (κ1) is 29.3. The molecule has 4 aromatic rings. The lowest BCUT2D eigenvalue weighted by Crippen LogP contribution is -2.43. The molecule has 0 unspecified atom stereocenters. The van der Waals surface area contributed by atoms with Gasteiger partial charge in [-0.05, 0) is 62.7 Å². The average molecular weight is 608 g/mol. The van der Waals surface area contributed by atoms with Gasteiger partial charge in [0.05, 0.1) is 34.3 Å². The quantitative estimate of drug-likeness (QED) is 0.314. The zero-order chi connectivity index (χ0) is 31.1. The van der Waals surface area contributed by atoms with Gasteiger partial charge in [0, 0.05) is 18.7 Å². The van der Waals surface area contributed by atoms with Crippen LogP contribution in [0.25, 0.3) is 16.8 Å². The zero-order valence-electron chi connectivity index (χ0n) is 25.3. The number of amides is 2. The fourth-order valence-electron chi connectivity index (χ4n) is 5.98. The highest BCUT2D eigenvalue weighted by Gasteiger charge is 2.38. The van der Waals surface area contributed by atoms with Gasteiger partial charge < -0.3 is 9.64 Å². The standard InChI is InChI=1S/C34H33N5O4S/c1-6-37(7-2)33(42)28-21(4)35-34-38(30(28)29-24-16-12-11-13-22(24)17-18-26(29)43-5)32(41)27(44-34)19-25-20(3)36-39(31(25)40)23-14-9-8-10-15-23/h8-19,25,30H,6-7H2,1-5H3/b27-19-/t25-,30-/m0/s1. The molecule has 0 radical (unpaired) electrons. The zero-order valence-corrected chi connectivity index (χ0v) is 26.1. The smallest absolute Gasteiger partial charge is 0.270 e. The Morgan fingerprint density at radius 1 is 1.00 bits per heavy atom. The number of carbonyl (C=O) groups excluding carboxylic acids is 2. The normalized spacial score (nSPS) is 18.4. The summed E-state index contributed by atoms with van der Waals surface area (Å²) < 4.78 is 7.82. The number of thiazole rings is 1. The molecule has 0 aliphatic carbocycles. The molecule has 10 heteroatoms. The number of fused-ring (bicyclic) bond motifs is 2. The van der Waals surface area contributed by atoms with Gasteiger partial charge >= 0.3 is 0 Å². The van der Waals surface area contributed by atoms with Crippen molar-refractivity contribution < 1.29 is 14.3 Å². The van der Waals surface area contributed by atoms with Crippen molar-refractivity contribution in [2.24, 2.45) is 16.0 Å². The summed E-state index contributed by atoms with van der Waals surface area (Å²) in [4.78, 5) is 49.0. The minimum absolute atomic E-state index is 0.182. The van der Waals surface area contributed by atoms with Gasteiger partial charge in [0.1, 0.15) is 17.7 Å². The Labute approximate surface area is 258 Å². The highest BCUT2D eigenvalue weighted by Crippen LogP contribution is 2.40. The third kappa shape index (κ3) is 4.75. The molecular formula is C34H33N5O4S. The van der Waals surface area contributed by atoms with E-state index in [4.69, 9.17) is 9.73 Å². The van der Waals surface area contributed by atoms with Crippen LogP contribution in [0.4, 0.5) is 5.69 Å². The lowest BCUT2D eigenvalue weighted by Gasteiger charge is -2.30. The van der Waals surface area contributed by atoms with Crippen LogP contribution >= 0.6 is 11.3 Å². The molecule has 1 aromatic heterocycles. The molecule has 2 amide bonds. The molecule has 0 fully saturated rings. The second kappa shape index (κ2) is 11.7. The van der Waals surface area contributed by atoms with Crippen molar-refractivity contribution in [1.29, 1.82) is 0 Å². The third-order valence-electron chi connectivity index (χ3n) is 8.23. The monoisotopic (exact) mass is 607 g/mol. The van der Waals surface area contributed by atoms with E-state index in [1.54, 1.807) is 29.6 Å². The number of ether oxygens (including phenoxy) is 1. The summed E-state index contributed by atoms with van der Waals surface area (Å²) in [6.45, 7) is 8.48. The SMILES string of the molecule is CCN(CC)C(=O)C1=C(C)N=c2s/c(=C\[C@@H]3C(=O)N(c4ccccc4)N=C3C)c(=O)n2[C@@H]1c1c(OC)ccc2ccccc12. The van der Waals surface area contributed by atoms with Gasteiger partial charge in [-0.25, -0.2) is 4.99 Å². The Hall–Kier alpha value is -4.83. The van der Waals surface area contributed by atoms with Crippen molar-refractivity contribution in [2.45, 2.75) is 33.7 Å². The number of likely N-dealkylation sites (N-methyl/N-ethyl adjacent to an activating group) is 1. The van der Waals surface area contributed by atoms with Crippen molar-refractivity contribution in [1.82, 2.24) is 9.47 Å². The number of hydrazone groups is 1. The van der Waals surface area contributed by atoms with Crippen LogP contribution in [0.15, 0.2) is 92.9 Å². The van der Waals surface area contributed by atoms with Crippen LogP contribution in [-0.2, 0) is 9.59 Å². The first-order valence-electron chi connectivity index (χ1n) is 14.6. The Morgan fingerprint density at radius 3 is 2.41 bits per heavy atom. The number of hydrogen-bond acceptors (Lipinski definition) is 7. The average Bonchev–Trinajstić information content (AvgIpc) is 3.50. The van der Waals surface area contributed by atoms with Gasteiger partial charge in [-0.15, -0.1) is 0 Å². The van der Waals surface area contributed by atoms with Crippen molar-refractivity contribution >= 4 is 51.4 Å². The van der Waals surface area contributed by atoms with E-state index < -0.39 is 12.0 Å². The molecule has 2 aliphatic heterocycles. The molecule has 9 nitrogen and oxygen atoms in total. The Kier molecular flexibility index (Phi) is 7.77. The maximum Gasteiger partial charge on any atom is 0.270 e. The van der Waals surface area contributed by atoms with Crippen LogP contribution in [0.3, 0.4) is 0 Å². The predicted octanol–water partition coefficient (Wildman–Crippen LogP) is 4.26. The van der Waals surface area contributed by atoms with E-state index in [9.17, 15) is 14.4 Å². The minimum Gasteiger partial charge on any atom is -0.496 e. The maximum atomic E-state index is 14.4. The molecule has 3 aromatic carbocycles. The van der Waals surface area contributed by atoms with E-state index in [0.717, 1.165) is 10.8 Å². The van der Waals surface area contributed by atoms with Crippen molar-refractivity contribution in [3.05, 3.63) is 103 Å². The first-order valence-corrected chi connectivity index (χ1v) is 15.4. The lowest BCUT2D eigenvalue weighted by atomic mass is 9.90. The van der Waals surface area contributed by atoms with Gasteiger partial charge in [-0.3, -0.25) is 19.0 Å². The highest BCUT2D eigenvalue weighted by molar-refractivity contribution is 7.07. The topological polar surface area (TPSA) is 96.6 Å². The minimum atomic E-state index is -0.794. The van der Waals surface area contributed by atoms with E-state index in [0.29, 0.717) is 56.4 Å². The van der Waals surface area contributed by atoms with Crippen LogP contribution in [0, 0.1) is 5.92 Å². The summed E-state index contributed by atoms with van der Waals surface area (Å²) in [5.41, 5.74) is 2.60. The molecule has 2 aliphatic rings. The molecule has 0 saturated carbocycles. The Morgan fingerprint density at radius 2 is 1.70 bits per heavy atom. The molecule has 0 saturated heterocycles. The van der Waals surface area contributed by atoms with E-state index in [2.05, 4.69) is 5.10 Å². The first-order chi connectivity index (χ1) is 21.3. The Bertz CT molecular complexity index is 2040. The molecule has 0 bridgehead atoms. The van der Waals surface area contributed by atoms with E-state index >= 15 is 0 Å². The number of hydrogen-bond donors (Lipinski definition) is 0. The van der Waals surface area contributed by atoms with Crippen molar-refractivity contribution in [3.8, 4) is 5.75 Å². The van der Waals surface area contributed by atoms with Crippen LogP contribution < -0.4 is 24.6 Å². The number of methoxy groups -OCH3 is 1. The van der Waals surface area contributed by atoms with Gasteiger partial charge in [0.2, 0.25) is 0 Å². The molecule has 224 valence electrons. The number of benzene rings is 3. The predicted molar refractivity (Wildman–Crippen MR) is 174 cm³/mol. The third-order valence-corrected chi connectivity index (χ3v) is 9.23. The van der Waals surface area contributed by atoms with Gasteiger partial charge in [-0.2, -0.15) is 10.1 Å². The number of allylic oxidation sites excluding steroid dienone is 1. The molecular weight excluding hydrogens is 574 g/mol. The van der Waals surface area contributed by atoms with E-state index in [1.165, 1.54) is 16.3 Å². The lowest BCUT2D eigenvalue weighted by molar-refractivity contribution is -0.127. The van der Waals surface area contributed by atoms with Gasteiger partial charge in [0.25, 0.3) is 17.4 Å². The number of nitrogens with zero attached hydrogens (tertiary/aromatic N) is 5. The number of aromatic nitrogens is 1. The summed E-state index contributed by atoms with van der Waals surface area (Å²) in [5, 5.41) is 7.71. The summed E-state index contributed by atoms with van der Waals surface area (Å²) >= 11 is 1.21. The van der Waals surface area contributed by atoms with Crippen molar-refractivity contribution in [3.63, 3.8) is 0 Å². The van der Waals surface area contributed by atoms with Crippen LogP contribution in [0.1, 0.15) is 39.3 Å². The summed E-state index contributed by atoms with van der Waals surface area (Å²) in [6.07, 6.45) is 1.68. The maximum absolute atomic E-state index is 14.4. The fraction of sp³-hybridized carbons (Fsp3) is 0.265. The number of rotatable bonds is 7. The molecule has 0 spiro atoms. The number of carbonyl (C=O) groups is 2. The van der Waals surface area contributed by atoms with Crippen molar-refractivity contribution in [2.75, 3.05) is 25.2 Å². The van der Waals surface area contributed by atoms with E-state index in [-0.39, 0.29) is 17.4 Å². The molecule has 44 heavy (non-hydrogen) atoms. The number of anilines is 1.